The largest absolute Gasteiger partial charge is 0.352 e. The third kappa shape index (κ3) is 2.79. The van der Waals surface area contributed by atoms with E-state index in [9.17, 15) is 4.79 Å². The van der Waals surface area contributed by atoms with E-state index in [-0.39, 0.29) is 23.3 Å². The number of carbonyl (C=O) groups is 1. The first kappa shape index (κ1) is 15.5. The van der Waals surface area contributed by atoms with Gasteiger partial charge in [0.15, 0.2) is 0 Å². The third-order valence-corrected chi connectivity index (χ3v) is 5.55. The van der Waals surface area contributed by atoms with E-state index in [1.807, 2.05) is 0 Å². The van der Waals surface area contributed by atoms with Crippen LogP contribution in [0.15, 0.2) is 24.3 Å². The van der Waals surface area contributed by atoms with Crippen molar-refractivity contribution in [2.24, 2.45) is 11.7 Å². The van der Waals surface area contributed by atoms with Gasteiger partial charge in [0, 0.05) is 23.9 Å². The van der Waals surface area contributed by atoms with Crippen LogP contribution in [0.2, 0.25) is 0 Å². The number of carbonyl (C=O) groups excluding carboxylic acids is 1. The van der Waals surface area contributed by atoms with Crippen molar-refractivity contribution < 1.29 is 4.79 Å². The number of hydrogen-bond acceptors (Lipinski definition) is 2. The van der Waals surface area contributed by atoms with Crippen molar-refractivity contribution in [2.45, 2.75) is 63.3 Å². The molecule has 0 aliphatic heterocycles. The summed E-state index contributed by atoms with van der Waals surface area (Å²) in [5.41, 5.74) is 8.82. The lowest BCUT2D eigenvalue weighted by molar-refractivity contribution is -0.123. The Labute approximate surface area is 133 Å². The van der Waals surface area contributed by atoms with Gasteiger partial charge in [0.2, 0.25) is 5.91 Å². The monoisotopic (exact) mass is 300 g/mol. The van der Waals surface area contributed by atoms with Crippen molar-refractivity contribution in [3.05, 3.63) is 35.4 Å². The minimum absolute atomic E-state index is 0.128. The number of hydrogen-bond donors (Lipinski definition) is 2. The second-order valence-corrected chi connectivity index (χ2v) is 7.01. The standard InChI is InChI=1S/C19H28N2O/c1-2-3-9-15(13-20)21-18(22)17-12-19(17)11-6-8-14-7-4-5-10-16(14)19/h4-5,7,10,15,17H,2-3,6,8-9,11-13,20H2,1H3,(H,21,22). The molecule has 0 saturated heterocycles. The molecule has 1 amide bonds. The maximum atomic E-state index is 12.7. The van der Waals surface area contributed by atoms with Crippen molar-refractivity contribution in [3.8, 4) is 0 Å². The first-order valence-corrected chi connectivity index (χ1v) is 8.80. The molecule has 0 aromatic heterocycles. The molecule has 1 aromatic carbocycles. The minimum atomic E-state index is 0.128. The summed E-state index contributed by atoms with van der Waals surface area (Å²) in [5.74, 6) is 0.382. The average molecular weight is 300 g/mol. The highest BCUT2D eigenvalue weighted by atomic mass is 16.2. The van der Waals surface area contributed by atoms with Gasteiger partial charge in [-0.05, 0) is 43.2 Å². The van der Waals surface area contributed by atoms with Gasteiger partial charge in [-0.1, -0.05) is 44.0 Å². The summed E-state index contributed by atoms with van der Waals surface area (Å²) in [5, 5.41) is 3.20. The van der Waals surface area contributed by atoms with Gasteiger partial charge in [-0.2, -0.15) is 0 Å². The van der Waals surface area contributed by atoms with Gasteiger partial charge in [0.25, 0.3) is 0 Å². The predicted octanol–water partition coefficient (Wildman–Crippen LogP) is 2.91. The van der Waals surface area contributed by atoms with Gasteiger partial charge in [-0.15, -0.1) is 0 Å². The number of rotatable bonds is 6. The molecule has 3 atom stereocenters. The van der Waals surface area contributed by atoms with Crippen LogP contribution in [0.5, 0.6) is 0 Å². The lowest BCUT2D eigenvalue weighted by Gasteiger charge is -2.27. The Morgan fingerprint density at radius 1 is 1.45 bits per heavy atom. The van der Waals surface area contributed by atoms with Gasteiger partial charge in [-0.3, -0.25) is 4.79 Å². The normalized spacial score (nSPS) is 27.3. The number of benzene rings is 1. The molecule has 1 saturated carbocycles. The molecule has 22 heavy (non-hydrogen) atoms. The summed E-state index contributed by atoms with van der Waals surface area (Å²) in [6, 6.07) is 8.84. The van der Waals surface area contributed by atoms with Gasteiger partial charge in [-0.25, -0.2) is 0 Å². The number of aryl methyl sites for hydroxylation is 1. The molecule has 0 bridgehead atoms. The fraction of sp³-hybridized carbons (Fsp3) is 0.632. The van der Waals surface area contributed by atoms with Crippen molar-refractivity contribution in [1.29, 1.82) is 0 Å². The number of nitrogens with two attached hydrogens (primary N) is 1. The van der Waals surface area contributed by atoms with Crippen LogP contribution in [0.1, 0.15) is 56.6 Å². The first-order chi connectivity index (χ1) is 10.7. The summed E-state index contributed by atoms with van der Waals surface area (Å²) in [6.45, 7) is 2.71. The van der Waals surface area contributed by atoms with E-state index in [4.69, 9.17) is 5.73 Å². The Bertz CT molecular complexity index is 542. The summed E-state index contributed by atoms with van der Waals surface area (Å²) < 4.78 is 0. The van der Waals surface area contributed by atoms with Gasteiger partial charge in [0.05, 0.1) is 0 Å². The summed E-state index contributed by atoms with van der Waals surface area (Å²) >= 11 is 0. The van der Waals surface area contributed by atoms with Crippen LogP contribution >= 0.6 is 0 Å². The Morgan fingerprint density at radius 3 is 3.05 bits per heavy atom. The van der Waals surface area contributed by atoms with Crippen LogP contribution in [-0.4, -0.2) is 18.5 Å². The molecule has 3 N–H and O–H groups in total. The fourth-order valence-electron chi connectivity index (χ4n) is 4.18. The number of nitrogens with one attached hydrogen (secondary N) is 1. The molecular weight excluding hydrogens is 272 g/mol. The van der Waals surface area contributed by atoms with E-state index in [1.54, 1.807) is 0 Å². The van der Waals surface area contributed by atoms with Gasteiger partial charge >= 0.3 is 0 Å². The Balaban J connectivity index is 1.68. The molecule has 3 heteroatoms. The number of fused-ring (bicyclic) bond motifs is 2. The molecule has 1 spiro atoms. The highest BCUT2D eigenvalue weighted by Crippen LogP contribution is 2.60. The minimum Gasteiger partial charge on any atom is -0.352 e. The van der Waals surface area contributed by atoms with Gasteiger partial charge < -0.3 is 11.1 Å². The molecular formula is C19H28N2O. The molecule has 1 fully saturated rings. The lowest BCUT2D eigenvalue weighted by Crippen LogP contribution is -2.42. The van der Waals surface area contributed by atoms with E-state index in [2.05, 4.69) is 36.5 Å². The first-order valence-electron chi connectivity index (χ1n) is 8.80. The van der Waals surface area contributed by atoms with Crippen molar-refractivity contribution in [2.75, 3.05) is 6.54 Å². The summed E-state index contributed by atoms with van der Waals surface area (Å²) in [4.78, 5) is 12.7. The number of amides is 1. The van der Waals surface area contributed by atoms with Crippen LogP contribution in [0, 0.1) is 5.92 Å². The molecule has 3 rings (SSSR count). The fourth-order valence-corrected chi connectivity index (χ4v) is 4.18. The maximum absolute atomic E-state index is 12.7. The van der Waals surface area contributed by atoms with Crippen LogP contribution in [0.3, 0.4) is 0 Å². The zero-order valence-corrected chi connectivity index (χ0v) is 13.6. The Hall–Kier alpha value is -1.35. The van der Waals surface area contributed by atoms with E-state index in [0.717, 1.165) is 38.5 Å². The SMILES string of the molecule is CCCCC(CN)NC(=O)C1CC12CCCc1ccccc12. The third-order valence-electron chi connectivity index (χ3n) is 5.55. The van der Waals surface area contributed by atoms with E-state index < -0.39 is 0 Å². The molecule has 0 radical (unpaired) electrons. The molecule has 120 valence electrons. The van der Waals surface area contributed by atoms with Crippen molar-refractivity contribution in [1.82, 2.24) is 5.32 Å². The quantitative estimate of drug-likeness (QED) is 0.848. The molecule has 0 heterocycles. The van der Waals surface area contributed by atoms with Gasteiger partial charge in [0.1, 0.15) is 0 Å². The van der Waals surface area contributed by atoms with Crippen molar-refractivity contribution >= 4 is 5.91 Å². The zero-order valence-electron chi connectivity index (χ0n) is 13.6. The number of unbranched alkanes of at least 4 members (excludes halogenated alkanes) is 1. The summed E-state index contributed by atoms with van der Waals surface area (Å²) in [6.07, 6.45) is 7.80. The van der Waals surface area contributed by atoms with Crippen LogP contribution < -0.4 is 11.1 Å². The van der Waals surface area contributed by atoms with E-state index >= 15 is 0 Å². The Morgan fingerprint density at radius 2 is 2.27 bits per heavy atom. The molecule has 1 aromatic rings. The zero-order chi connectivity index (χ0) is 15.6. The maximum Gasteiger partial charge on any atom is 0.224 e. The highest BCUT2D eigenvalue weighted by Gasteiger charge is 2.60. The Kier molecular flexibility index (Phi) is 4.53. The topological polar surface area (TPSA) is 55.1 Å². The van der Waals surface area contributed by atoms with E-state index in [0.29, 0.717) is 6.54 Å². The second-order valence-electron chi connectivity index (χ2n) is 7.01. The predicted molar refractivity (Wildman–Crippen MR) is 89.7 cm³/mol. The smallest absolute Gasteiger partial charge is 0.224 e. The molecule has 3 nitrogen and oxygen atoms in total. The van der Waals surface area contributed by atoms with E-state index in [1.165, 1.54) is 17.5 Å². The van der Waals surface area contributed by atoms with Crippen LogP contribution in [0.25, 0.3) is 0 Å². The molecule has 2 aliphatic carbocycles. The molecule has 2 aliphatic rings. The average Bonchev–Trinajstić information content (AvgIpc) is 3.26. The second kappa shape index (κ2) is 6.41. The van der Waals surface area contributed by atoms with Crippen molar-refractivity contribution in [3.63, 3.8) is 0 Å². The lowest BCUT2D eigenvalue weighted by atomic mass is 9.78. The van der Waals surface area contributed by atoms with Crippen LogP contribution in [0.4, 0.5) is 0 Å². The highest BCUT2D eigenvalue weighted by molar-refractivity contribution is 5.85. The molecule has 3 unspecified atom stereocenters. The summed E-state index contributed by atoms with van der Waals surface area (Å²) in [7, 11) is 0. The van der Waals surface area contributed by atoms with Crippen LogP contribution in [-0.2, 0) is 16.6 Å².